The van der Waals surface area contributed by atoms with Crippen molar-refractivity contribution in [2.45, 2.75) is 19.8 Å². The molecule has 2 aromatic carbocycles. The molecule has 0 heterocycles. The van der Waals surface area contributed by atoms with Crippen molar-refractivity contribution in [3.05, 3.63) is 62.5 Å². The summed E-state index contributed by atoms with van der Waals surface area (Å²) < 4.78 is 7.35. The number of rotatable bonds is 7. The Morgan fingerprint density at radius 3 is 2.62 bits per heavy atom. The third-order valence-electron chi connectivity index (χ3n) is 3.17. The van der Waals surface area contributed by atoms with Gasteiger partial charge >= 0.3 is 0 Å². The van der Waals surface area contributed by atoms with E-state index >= 15 is 0 Å². The summed E-state index contributed by atoms with van der Waals surface area (Å²) >= 11 is 6.83. The van der Waals surface area contributed by atoms with Crippen molar-refractivity contribution in [1.82, 2.24) is 5.43 Å². The maximum absolute atomic E-state index is 11.8. The minimum atomic E-state index is -0.312. The second-order valence-corrected chi connectivity index (χ2v) is 6.92. The lowest BCUT2D eigenvalue weighted by Gasteiger charge is -2.08. The van der Waals surface area contributed by atoms with Gasteiger partial charge in [0.15, 0.2) is 6.61 Å². The molecule has 1 N–H and O–H groups in total. The first-order valence-electron chi connectivity index (χ1n) is 7.57. The largest absolute Gasteiger partial charge is 0.483 e. The number of amides is 1. The summed E-state index contributed by atoms with van der Waals surface area (Å²) in [5.74, 6) is 0.329. The Bertz CT molecular complexity index is 715. The molecule has 4 nitrogen and oxygen atoms in total. The predicted octanol–water partition coefficient (Wildman–Crippen LogP) is 4.69. The van der Waals surface area contributed by atoms with Gasteiger partial charge in [0.2, 0.25) is 0 Å². The average molecular weight is 454 g/mol. The number of halogens is 2. The molecule has 126 valence electrons. The van der Waals surface area contributed by atoms with Crippen LogP contribution in [0.2, 0.25) is 0 Å². The van der Waals surface area contributed by atoms with E-state index in [1.807, 2.05) is 42.5 Å². The van der Waals surface area contributed by atoms with Crippen LogP contribution in [0, 0.1) is 0 Å². The van der Waals surface area contributed by atoms with Crippen molar-refractivity contribution in [3.63, 3.8) is 0 Å². The molecule has 0 spiro atoms. The van der Waals surface area contributed by atoms with Crippen LogP contribution in [-0.2, 0) is 11.2 Å². The summed E-state index contributed by atoms with van der Waals surface area (Å²) in [6.45, 7) is 2.04. The van der Waals surface area contributed by atoms with Gasteiger partial charge in [-0.15, -0.1) is 0 Å². The van der Waals surface area contributed by atoms with Gasteiger partial charge in [-0.05, 0) is 57.7 Å². The minimum Gasteiger partial charge on any atom is -0.483 e. The molecule has 1 amide bonds. The van der Waals surface area contributed by atoms with Crippen molar-refractivity contribution >= 4 is 44.0 Å². The van der Waals surface area contributed by atoms with Gasteiger partial charge in [0.1, 0.15) is 5.75 Å². The van der Waals surface area contributed by atoms with E-state index in [1.54, 1.807) is 6.21 Å². The number of nitrogens with one attached hydrogen (secondary N) is 1. The number of hydrogen-bond acceptors (Lipinski definition) is 3. The third kappa shape index (κ3) is 6.09. The van der Waals surface area contributed by atoms with Crippen LogP contribution in [0.5, 0.6) is 5.75 Å². The number of hydrazone groups is 1. The Kier molecular flexibility index (Phi) is 7.46. The van der Waals surface area contributed by atoms with Crippen LogP contribution in [0.25, 0.3) is 0 Å². The second kappa shape index (κ2) is 9.59. The average Bonchev–Trinajstić information content (AvgIpc) is 2.56. The van der Waals surface area contributed by atoms with Gasteiger partial charge < -0.3 is 4.74 Å². The molecule has 0 atom stereocenters. The zero-order valence-corrected chi connectivity index (χ0v) is 16.4. The maximum atomic E-state index is 11.8. The van der Waals surface area contributed by atoms with Gasteiger partial charge in [-0.3, -0.25) is 4.79 Å². The topological polar surface area (TPSA) is 50.7 Å². The highest BCUT2D eigenvalue weighted by atomic mass is 79.9. The van der Waals surface area contributed by atoms with Crippen molar-refractivity contribution in [3.8, 4) is 5.75 Å². The molecule has 0 aliphatic carbocycles. The van der Waals surface area contributed by atoms with Gasteiger partial charge in [-0.1, -0.05) is 47.5 Å². The standard InChI is InChI=1S/C18H18Br2N2O2/c1-2-3-13-6-9-17(16(20)10-13)24-12-18(23)22-21-11-14-4-7-15(19)8-5-14/h4-11H,2-3,12H2,1H3,(H,22,23)/b21-11+. The van der Waals surface area contributed by atoms with E-state index in [4.69, 9.17) is 4.74 Å². The molecule has 0 saturated heterocycles. The molecule has 0 radical (unpaired) electrons. The summed E-state index contributed by atoms with van der Waals surface area (Å²) in [5, 5.41) is 3.91. The fraction of sp³-hybridized carbons (Fsp3) is 0.222. The van der Waals surface area contributed by atoms with Gasteiger partial charge in [0, 0.05) is 4.47 Å². The maximum Gasteiger partial charge on any atom is 0.277 e. The van der Waals surface area contributed by atoms with Crippen molar-refractivity contribution in [2.75, 3.05) is 6.61 Å². The minimum absolute atomic E-state index is 0.0938. The zero-order chi connectivity index (χ0) is 17.4. The van der Waals surface area contributed by atoms with Gasteiger partial charge in [-0.2, -0.15) is 5.10 Å². The fourth-order valence-corrected chi connectivity index (χ4v) is 2.81. The summed E-state index contributed by atoms with van der Waals surface area (Å²) in [5.41, 5.74) is 4.58. The van der Waals surface area contributed by atoms with Crippen LogP contribution in [0.15, 0.2) is 56.5 Å². The van der Waals surface area contributed by atoms with Crippen LogP contribution in [0.3, 0.4) is 0 Å². The van der Waals surface area contributed by atoms with Crippen LogP contribution in [-0.4, -0.2) is 18.7 Å². The van der Waals surface area contributed by atoms with E-state index in [-0.39, 0.29) is 12.5 Å². The lowest BCUT2D eigenvalue weighted by molar-refractivity contribution is -0.123. The summed E-state index contributed by atoms with van der Waals surface area (Å²) in [7, 11) is 0. The predicted molar refractivity (Wildman–Crippen MR) is 104 cm³/mol. The Hall–Kier alpha value is -1.66. The van der Waals surface area contributed by atoms with E-state index in [0.717, 1.165) is 27.4 Å². The van der Waals surface area contributed by atoms with E-state index < -0.39 is 0 Å². The highest BCUT2D eigenvalue weighted by Gasteiger charge is 2.06. The number of carbonyl (C=O) groups is 1. The summed E-state index contributed by atoms with van der Waals surface area (Å²) in [4.78, 5) is 11.8. The van der Waals surface area contributed by atoms with E-state index in [1.165, 1.54) is 5.56 Å². The van der Waals surface area contributed by atoms with Crippen molar-refractivity contribution in [1.29, 1.82) is 0 Å². The summed E-state index contributed by atoms with van der Waals surface area (Å²) in [6.07, 6.45) is 3.69. The number of benzene rings is 2. The van der Waals surface area contributed by atoms with Gasteiger partial charge in [0.25, 0.3) is 5.91 Å². The molecule has 0 aliphatic rings. The second-order valence-electron chi connectivity index (χ2n) is 5.15. The molecule has 0 bridgehead atoms. The first-order valence-corrected chi connectivity index (χ1v) is 9.15. The molecule has 0 aliphatic heterocycles. The molecule has 0 unspecified atom stereocenters. The quantitative estimate of drug-likeness (QED) is 0.488. The van der Waals surface area contributed by atoms with Crippen LogP contribution in [0.1, 0.15) is 24.5 Å². The Morgan fingerprint density at radius 1 is 1.21 bits per heavy atom. The fourth-order valence-electron chi connectivity index (χ4n) is 2.01. The molecule has 24 heavy (non-hydrogen) atoms. The molecular weight excluding hydrogens is 436 g/mol. The van der Waals surface area contributed by atoms with Crippen LogP contribution >= 0.6 is 31.9 Å². The number of carbonyl (C=O) groups excluding carboxylic acids is 1. The van der Waals surface area contributed by atoms with E-state index in [2.05, 4.69) is 49.3 Å². The molecule has 6 heteroatoms. The molecular formula is C18H18Br2N2O2. The lowest BCUT2D eigenvalue weighted by atomic mass is 10.1. The lowest BCUT2D eigenvalue weighted by Crippen LogP contribution is -2.24. The van der Waals surface area contributed by atoms with E-state index in [0.29, 0.717) is 5.75 Å². The zero-order valence-electron chi connectivity index (χ0n) is 13.3. The highest BCUT2D eigenvalue weighted by Crippen LogP contribution is 2.26. The third-order valence-corrected chi connectivity index (χ3v) is 4.31. The molecule has 0 saturated carbocycles. The molecule has 0 aromatic heterocycles. The van der Waals surface area contributed by atoms with Crippen molar-refractivity contribution in [2.24, 2.45) is 5.10 Å². The Labute approximate surface area is 158 Å². The summed E-state index contributed by atoms with van der Waals surface area (Å²) in [6, 6.07) is 13.5. The number of aryl methyl sites for hydroxylation is 1. The number of nitrogens with zero attached hydrogens (tertiary/aromatic N) is 1. The van der Waals surface area contributed by atoms with E-state index in [9.17, 15) is 4.79 Å². The molecule has 2 rings (SSSR count). The normalized spacial score (nSPS) is 10.8. The van der Waals surface area contributed by atoms with Gasteiger partial charge in [-0.25, -0.2) is 5.43 Å². The SMILES string of the molecule is CCCc1ccc(OCC(=O)N/N=C/c2ccc(Br)cc2)c(Br)c1. The smallest absolute Gasteiger partial charge is 0.277 e. The molecule has 0 fully saturated rings. The Morgan fingerprint density at radius 2 is 1.96 bits per heavy atom. The van der Waals surface area contributed by atoms with Crippen LogP contribution in [0.4, 0.5) is 0 Å². The Balaban J connectivity index is 1.81. The monoisotopic (exact) mass is 452 g/mol. The van der Waals surface area contributed by atoms with Crippen molar-refractivity contribution < 1.29 is 9.53 Å². The molecule has 2 aromatic rings. The van der Waals surface area contributed by atoms with Crippen LogP contribution < -0.4 is 10.2 Å². The van der Waals surface area contributed by atoms with Gasteiger partial charge in [0.05, 0.1) is 10.7 Å². The number of hydrogen-bond donors (Lipinski definition) is 1. The first kappa shape index (κ1) is 18.7. The first-order chi connectivity index (χ1) is 11.6. The highest BCUT2D eigenvalue weighted by molar-refractivity contribution is 9.10. The number of ether oxygens (including phenoxy) is 1.